The second kappa shape index (κ2) is 9.44. The van der Waals surface area contributed by atoms with Crippen molar-refractivity contribution >= 4 is 30.3 Å². The van der Waals surface area contributed by atoms with Crippen LogP contribution in [-0.4, -0.2) is 48.5 Å². The summed E-state index contributed by atoms with van der Waals surface area (Å²) in [5.74, 6) is 0.373. The van der Waals surface area contributed by atoms with Crippen molar-refractivity contribution in [2.24, 2.45) is 0 Å². The molecule has 1 unspecified atom stereocenters. The number of benzene rings is 1. The fraction of sp³-hybridized carbons (Fsp3) is 0.588. The van der Waals surface area contributed by atoms with Gasteiger partial charge in [0.05, 0.1) is 6.61 Å². The summed E-state index contributed by atoms with van der Waals surface area (Å²) >= 11 is 6.14. The molecule has 0 bridgehead atoms. The van der Waals surface area contributed by atoms with Crippen molar-refractivity contribution < 1.29 is 28.9 Å². The molecule has 0 saturated carbocycles. The second-order valence-electron chi connectivity index (χ2n) is 7.35. The van der Waals surface area contributed by atoms with Gasteiger partial charge in [-0.2, -0.15) is 0 Å². The maximum absolute atomic E-state index is 11.5. The van der Waals surface area contributed by atoms with Crippen LogP contribution >= 0.6 is 11.6 Å². The first kappa shape index (κ1) is 22.3. The van der Waals surface area contributed by atoms with Gasteiger partial charge >= 0.3 is 13.2 Å². The van der Waals surface area contributed by atoms with Gasteiger partial charge in [-0.05, 0) is 45.7 Å². The van der Waals surface area contributed by atoms with Crippen molar-refractivity contribution in [2.45, 2.75) is 45.3 Å². The first-order valence-electron chi connectivity index (χ1n) is 8.95. The molecule has 1 heterocycles. The molecule has 2 N–H and O–H groups in total. The number of nitro groups is 1. The molecule has 1 amide bonds. The molecule has 0 radical (unpaired) electrons. The Morgan fingerprint density at radius 2 is 2.14 bits per heavy atom. The lowest BCUT2D eigenvalue weighted by molar-refractivity contribution is -0.490. The highest BCUT2D eigenvalue weighted by Gasteiger charge is 2.42. The quantitative estimate of drug-likeness (QED) is 0.289. The number of fused-ring (bicyclic) bond motifs is 1. The van der Waals surface area contributed by atoms with Crippen LogP contribution in [0.15, 0.2) is 12.1 Å². The van der Waals surface area contributed by atoms with E-state index in [9.17, 15) is 19.9 Å². The standard InChI is InChI=1S/C17H24BClN2O7/c1-17(2,3)27-16(22)20-8-4-5-9-26-12-7-6-11(19)14-13(10-21(24)25)28-18(23)15(12)14/h6-7,13,23H,4-5,8-10H2,1-3H3,(H,20,22). The maximum atomic E-state index is 11.5. The van der Waals surface area contributed by atoms with E-state index >= 15 is 0 Å². The van der Waals surface area contributed by atoms with Crippen LogP contribution in [0.1, 0.15) is 45.3 Å². The molecule has 1 aliphatic heterocycles. The van der Waals surface area contributed by atoms with Crippen molar-refractivity contribution in [2.75, 3.05) is 19.7 Å². The van der Waals surface area contributed by atoms with Crippen molar-refractivity contribution in [3.8, 4) is 5.75 Å². The lowest BCUT2D eigenvalue weighted by atomic mass is 9.78. The number of halogens is 1. The summed E-state index contributed by atoms with van der Waals surface area (Å²) in [5, 5.41) is 23.9. The summed E-state index contributed by atoms with van der Waals surface area (Å²) in [6.07, 6.45) is -0.0874. The van der Waals surface area contributed by atoms with E-state index < -0.39 is 36.4 Å². The van der Waals surface area contributed by atoms with Gasteiger partial charge in [-0.15, -0.1) is 0 Å². The predicted octanol–water partition coefficient (Wildman–Crippen LogP) is 2.06. The van der Waals surface area contributed by atoms with Crippen LogP contribution in [0.25, 0.3) is 0 Å². The van der Waals surface area contributed by atoms with Gasteiger partial charge in [0.2, 0.25) is 6.54 Å². The van der Waals surface area contributed by atoms with E-state index in [2.05, 4.69) is 5.32 Å². The third kappa shape index (κ3) is 6.25. The minimum Gasteiger partial charge on any atom is -0.494 e. The minimum atomic E-state index is -1.33. The Morgan fingerprint density at radius 3 is 2.79 bits per heavy atom. The van der Waals surface area contributed by atoms with E-state index in [0.717, 1.165) is 0 Å². The molecule has 1 aromatic rings. The number of nitrogens with one attached hydrogen (secondary N) is 1. The predicted molar refractivity (Wildman–Crippen MR) is 104 cm³/mol. The third-order valence-electron chi connectivity index (χ3n) is 3.87. The molecule has 154 valence electrons. The molecule has 1 atom stereocenters. The van der Waals surface area contributed by atoms with Crippen LogP contribution in [0, 0.1) is 10.1 Å². The van der Waals surface area contributed by atoms with Gasteiger partial charge in [0.1, 0.15) is 17.5 Å². The molecular formula is C17H24BClN2O7. The Kier molecular flexibility index (Phi) is 7.51. The number of amides is 1. The molecule has 11 heteroatoms. The van der Waals surface area contributed by atoms with E-state index in [0.29, 0.717) is 42.8 Å². The van der Waals surface area contributed by atoms with Crippen LogP contribution in [-0.2, 0) is 9.39 Å². The smallest absolute Gasteiger partial charge is 0.494 e. The van der Waals surface area contributed by atoms with Crippen LogP contribution in [0.4, 0.5) is 4.79 Å². The summed E-state index contributed by atoms with van der Waals surface area (Å²) in [5.41, 5.74) is 0.166. The molecule has 0 saturated heterocycles. The van der Waals surface area contributed by atoms with Gasteiger partial charge in [-0.1, -0.05) is 11.6 Å². The minimum absolute atomic E-state index is 0.285. The van der Waals surface area contributed by atoms with Crippen LogP contribution in [0.3, 0.4) is 0 Å². The number of alkyl carbamates (subject to hydrolysis) is 1. The first-order valence-corrected chi connectivity index (χ1v) is 9.33. The Balaban J connectivity index is 1.85. The van der Waals surface area contributed by atoms with Gasteiger partial charge < -0.3 is 24.5 Å². The fourth-order valence-electron chi connectivity index (χ4n) is 2.77. The van der Waals surface area contributed by atoms with Crippen molar-refractivity contribution in [1.29, 1.82) is 0 Å². The third-order valence-corrected chi connectivity index (χ3v) is 4.20. The molecule has 1 aromatic carbocycles. The van der Waals surface area contributed by atoms with E-state index in [1.54, 1.807) is 32.9 Å². The molecule has 0 aliphatic carbocycles. The SMILES string of the molecule is CC(C)(C)OC(=O)NCCCCOc1ccc(Cl)c2c1B(O)OC2C[N+](=O)[O-]. The Morgan fingerprint density at radius 1 is 1.43 bits per heavy atom. The average molecular weight is 415 g/mol. The largest absolute Gasteiger partial charge is 0.496 e. The van der Waals surface area contributed by atoms with Gasteiger partial charge in [-0.3, -0.25) is 10.1 Å². The lowest BCUT2D eigenvalue weighted by Gasteiger charge is -2.19. The van der Waals surface area contributed by atoms with Gasteiger partial charge in [0.25, 0.3) is 0 Å². The van der Waals surface area contributed by atoms with Crippen LogP contribution in [0.2, 0.25) is 5.02 Å². The zero-order valence-electron chi connectivity index (χ0n) is 16.1. The molecule has 0 fully saturated rings. The number of nitrogens with zero attached hydrogens (tertiary/aromatic N) is 1. The van der Waals surface area contributed by atoms with Crippen LogP contribution in [0.5, 0.6) is 5.75 Å². The van der Waals surface area contributed by atoms with Gasteiger partial charge in [-0.25, -0.2) is 4.79 Å². The summed E-state index contributed by atoms with van der Waals surface area (Å²) < 4.78 is 16.1. The first-order chi connectivity index (χ1) is 13.1. The monoisotopic (exact) mass is 414 g/mol. The van der Waals surface area contributed by atoms with Crippen molar-refractivity contribution in [3.05, 3.63) is 32.8 Å². The Hall–Kier alpha value is -2.04. The number of ether oxygens (including phenoxy) is 2. The Labute approximate surface area is 168 Å². The number of rotatable bonds is 8. The van der Waals surface area contributed by atoms with Crippen molar-refractivity contribution in [3.63, 3.8) is 0 Å². The molecule has 9 nitrogen and oxygen atoms in total. The number of carbonyl (C=O) groups is 1. The summed E-state index contributed by atoms with van der Waals surface area (Å²) in [6.45, 7) is 5.64. The second-order valence-corrected chi connectivity index (χ2v) is 7.76. The molecule has 1 aliphatic rings. The molecule has 2 rings (SSSR count). The van der Waals surface area contributed by atoms with E-state index in [1.807, 2.05) is 0 Å². The average Bonchev–Trinajstić information content (AvgIpc) is 2.87. The number of hydrogen-bond acceptors (Lipinski definition) is 7. The summed E-state index contributed by atoms with van der Waals surface area (Å²) in [7, 11) is -1.33. The number of unbranched alkanes of at least 4 members (excludes halogenated alkanes) is 1. The summed E-state index contributed by atoms with van der Waals surface area (Å²) in [4.78, 5) is 21.8. The van der Waals surface area contributed by atoms with Crippen LogP contribution < -0.4 is 15.5 Å². The highest BCUT2D eigenvalue weighted by molar-refractivity contribution is 6.63. The maximum Gasteiger partial charge on any atom is 0.496 e. The number of hydrogen-bond donors (Lipinski definition) is 2. The fourth-order valence-corrected chi connectivity index (χ4v) is 3.06. The van der Waals surface area contributed by atoms with E-state index in [-0.39, 0.29) is 5.02 Å². The zero-order chi connectivity index (χ0) is 20.9. The normalized spacial score (nSPS) is 15.9. The lowest BCUT2D eigenvalue weighted by Crippen LogP contribution is -2.33. The zero-order valence-corrected chi connectivity index (χ0v) is 16.8. The molecule has 0 spiro atoms. The highest BCUT2D eigenvalue weighted by atomic mass is 35.5. The number of carbonyl (C=O) groups excluding carboxylic acids is 1. The molecule has 28 heavy (non-hydrogen) atoms. The van der Waals surface area contributed by atoms with Gasteiger partial charge in [0.15, 0.2) is 0 Å². The van der Waals surface area contributed by atoms with Crippen molar-refractivity contribution in [1.82, 2.24) is 5.32 Å². The molecular weight excluding hydrogens is 390 g/mol. The topological polar surface area (TPSA) is 120 Å². The Bertz CT molecular complexity index is 726. The molecule has 0 aromatic heterocycles. The van der Waals surface area contributed by atoms with E-state index in [1.165, 1.54) is 0 Å². The van der Waals surface area contributed by atoms with Gasteiger partial charge in [0, 0.05) is 27.5 Å². The summed E-state index contributed by atoms with van der Waals surface area (Å²) in [6, 6.07) is 3.16. The highest BCUT2D eigenvalue weighted by Crippen LogP contribution is 2.33. The van der Waals surface area contributed by atoms with E-state index in [4.69, 9.17) is 25.7 Å².